The number of carboxylic acids is 1. The summed E-state index contributed by atoms with van der Waals surface area (Å²) >= 11 is 0. The van der Waals surface area contributed by atoms with Crippen LogP contribution >= 0.6 is 0 Å². The molecule has 0 amide bonds. The normalized spacial score (nSPS) is 14.0. The second-order valence-corrected chi connectivity index (χ2v) is 3.37. The molecule has 17 heavy (non-hydrogen) atoms. The van der Waals surface area contributed by atoms with E-state index in [4.69, 9.17) is 15.6 Å². The van der Waals surface area contributed by atoms with Gasteiger partial charge in [0.1, 0.15) is 12.1 Å². The molecule has 2 unspecified atom stereocenters. The van der Waals surface area contributed by atoms with Crippen molar-refractivity contribution >= 4 is 11.7 Å². The Morgan fingerprint density at radius 2 is 2.00 bits per heavy atom. The predicted molar refractivity (Wildman–Crippen MR) is 58.5 cm³/mol. The molecule has 92 valence electrons. The summed E-state index contributed by atoms with van der Waals surface area (Å²) in [6.07, 6.45) is -0.840. The van der Waals surface area contributed by atoms with Crippen molar-refractivity contribution in [2.75, 3.05) is 7.11 Å². The van der Waals surface area contributed by atoms with Gasteiger partial charge in [-0.1, -0.05) is 0 Å². The van der Waals surface area contributed by atoms with Crippen LogP contribution in [-0.4, -0.2) is 29.2 Å². The van der Waals surface area contributed by atoms with Gasteiger partial charge in [0.2, 0.25) is 0 Å². The number of carboxylic acid groups (broad SMARTS) is 1. The highest BCUT2D eigenvalue weighted by Gasteiger charge is 2.25. The third-order valence-corrected chi connectivity index (χ3v) is 2.30. The van der Waals surface area contributed by atoms with Gasteiger partial charge in [0, 0.05) is 19.2 Å². The van der Waals surface area contributed by atoms with Crippen molar-refractivity contribution in [1.82, 2.24) is 0 Å². The maximum absolute atomic E-state index is 10.7. The van der Waals surface area contributed by atoms with Gasteiger partial charge in [-0.2, -0.15) is 0 Å². The summed E-state index contributed by atoms with van der Waals surface area (Å²) in [6.45, 7) is 0. The van der Waals surface area contributed by atoms with Gasteiger partial charge < -0.3 is 15.6 Å². The molecule has 0 fully saturated rings. The topological polar surface area (TPSA) is 116 Å². The number of nitrogens with two attached hydrogens (primary N) is 1. The van der Waals surface area contributed by atoms with Crippen LogP contribution in [0.4, 0.5) is 5.69 Å². The fraction of sp³-hybridized carbons (Fsp3) is 0.300. The Morgan fingerprint density at radius 1 is 1.47 bits per heavy atom. The quantitative estimate of drug-likeness (QED) is 0.578. The van der Waals surface area contributed by atoms with Crippen LogP contribution in [0.1, 0.15) is 11.7 Å². The van der Waals surface area contributed by atoms with E-state index in [2.05, 4.69) is 0 Å². The Hall–Kier alpha value is -1.99. The number of rotatable bonds is 5. The van der Waals surface area contributed by atoms with Crippen LogP contribution in [0.15, 0.2) is 24.3 Å². The SMILES string of the molecule is COC(c1ccc([N+](=O)[O-])cc1)C(N)C(=O)O. The van der Waals surface area contributed by atoms with Crippen LogP contribution in [0.5, 0.6) is 0 Å². The fourth-order valence-electron chi connectivity index (χ4n) is 1.41. The van der Waals surface area contributed by atoms with Crippen molar-refractivity contribution in [1.29, 1.82) is 0 Å². The molecule has 0 saturated carbocycles. The number of methoxy groups -OCH3 is 1. The van der Waals surface area contributed by atoms with Crippen molar-refractivity contribution in [2.45, 2.75) is 12.1 Å². The molecule has 2 atom stereocenters. The summed E-state index contributed by atoms with van der Waals surface area (Å²) in [6, 6.07) is 4.18. The van der Waals surface area contributed by atoms with Crippen LogP contribution in [0.25, 0.3) is 0 Å². The van der Waals surface area contributed by atoms with E-state index in [1.807, 2.05) is 0 Å². The van der Waals surface area contributed by atoms with Gasteiger partial charge in [-0.3, -0.25) is 14.9 Å². The Kier molecular flexibility index (Phi) is 4.13. The van der Waals surface area contributed by atoms with Crippen molar-refractivity contribution in [3.05, 3.63) is 39.9 Å². The standard InChI is InChI=1S/C10H12N2O5/c1-17-9(8(11)10(13)14)6-2-4-7(5-3-6)12(15)16/h2-5,8-9H,11H2,1H3,(H,13,14). The van der Waals surface area contributed by atoms with Gasteiger partial charge in [-0.25, -0.2) is 0 Å². The molecule has 0 heterocycles. The van der Waals surface area contributed by atoms with E-state index < -0.39 is 23.0 Å². The van der Waals surface area contributed by atoms with E-state index in [1.165, 1.54) is 31.4 Å². The molecule has 1 aromatic carbocycles. The Balaban J connectivity index is 2.97. The smallest absolute Gasteiger partial charge is 0.323 e. The third-order valence-electron chi connectivity index (χ3n) is 2.30. The lowest BCUT2D eigenvalue weighted by atomic mass is 10.0. The van der Waals surface area contributed by atoms with Gasteiger partial charge in [0.25, 0.3) is 5.69 Å². The van der Waals surface area contributed by atoms with E-state index in [1.54, 1.807) is 0 Å². The lowest BCUT2D eigenvalue weighted by molar-refractivity contribution is -0.384. The van der Waals surface area contributed by atoms with Crippen molar-refractivity contribution in [3.8, 4) is 0 Å². The Bertz CT molecular complexity index is 417. The molecule has 0 bridgehead atoms. The van der Waals surface area contributed by atoms with Gasteiger partial charge in [0.05, 0.1) is 4.92 Å². The molecule has 1 aromatic rings. The zero-order valence-electron chi connectivity index (χ0n) is 9.07. The molecule has 0 radical (unpaired) electrons. The van der Waals surface area contributed by atoms with Crippen molar-refractivity contribution in [3.63, 3.8) is 0 Å². The van der Waals surface area contributed by atoms with Crippen molar-refractivity contribution < 1.29 is 19.6 Å². The maximum atomic E-state index is 10.7. The summed E-state index contributed by atoms with van der Waals surface area (Å²) < 4.78 is 4.98. The number of non-ortho nitro benzene ring substituents is 1. The summed E-state index contributed by atoms with van der Waals surface area (Å²) in [5.41, 5.74) is 5.85. The summed E-state index contributed by atoms with van der Waals surface area (Å²) in [4.78, 5) is 20.6. The second-order valence-electron chi connectivity index (χ2n) is 3.37. The first-order valence-electron chi connectivity index (χ1n) is 4.73. The number of nitrogens with zero attached hydrogens (tertiary/aromatic N) is 1. The number of aliphatic carboxylic acids is 1. The van der Waals surface area contributed by atoms with E-state index in [0.29, 0.717) is 5.56 Å². The minimum Gasteiger partial charge on any atom is -0.480 e. The first-order valence-corrected chi connectivity index (χ1v) is 4.73. The number of hydrogen-bond donors (Lipinski definition) is 2. The van der Waals surface area contributed by atoms with Gasteiger partial charge in [-0.15, -0.1) is 0 Å². The lowest BCUT2D eigenvalue weighted by Gasteiger charge is -2.19. The maximum Gasteiger partial charge on any atom is 0.323 e. The summed E-state index contributed by atoms with van der Waals surface area (Å²) in [5.74, 6) is -1.20. The third kappa shape index (κ3) is 2.99. The van der Waals surface area contributed by atoms with Crippen LogP contribution < -0.4 is 5.73 Å². The number of carbonyl (C=O) groups is 1. The van der Waals surface area contributed by atoms with E-state index >= 15 is 0 Å². The number of ether oxygens (including phenoxy) is 1. The number of benzene rings is 1. The number of nitro groups is 1. The molecule has 0 aliphatic carbocycles. The van der Waals surface area contributed by atoms with Gasteiger partial charge in [0.15, 0.2) is 0 Å². The molecule has 0 aromatic heterocycles. The molecular formula is C10H12N2O5. The van der Waals surface area contributed by atoms with Crippen molar-refractivity contribution in [2.24, 2.45) is 5.73 Å². The summed E-state index contributed by atoms with van der Waals surface area (Å²) in [7, 11) is 1.33. The minimum atomic E-state index is -1.22. The molecule has 0 aliphatic rings. The predicted octanol–water partition coefficient (Wildman–Crippen LogP) is 0.694. The molecule has 0 spiro atoms. The van der Waals surface area contributed by atoms with Crippen LogP contribution in [0, 0.1) is 10.1 Å². The highest BCUT2D eigenvalue weighted by molar-refractivity contribution is 5.74. The number of nitro benzene ring substituents is 1. The van der Waals surface area contributed by atoms with Gasteiger partial charge in [-0.05, 0) is 17.7 Å². The van der Waals surface area contributed by atoms with E-state index in [9.17, 15) is 14.9 Å². The fourth-order valence-corrected chi connectivity index (χ4v) is 1.41. The Labute approximate surface area is 97.0 Å². The first kappa shape index (κ1) is 13.1. The zero-order chi connectivity index (χ0) is 13.0. The average Bonchev–Trinajstić information content (AvgIpc) is 2.30. The van der Waals surface area contributed by atoms with E-state index in [-0.39, 0.29) is 5.69 Å². The lowest BCUT2D eigenvalue weighted by Crippen LogP contribution is -2.37. The minimum absolute atomic E-state index is 0.0764. The highest BCUT2D eigenvalue weighted by Crippen LogP contribution is 2.22. The largest absolute Gasteiger partial charge is 0.480 e. The molecule has 0 saturated heterocycles. The number of hydrogen-bond acceptors (Lipinski definition) is 5. The molecule has 1 rings (SSSR count). The first-order chi connectivity index (χ1) is 7.97. The molecule has 3 N–H and O–H groups in total. The molecular weight excluding hydrogens is 228 g/mol. The van der Waals surface area contributed by atoms with Crippen LogP contribution in [0.3, 0.4) is 0 Å². The zero-order valence-corrected chi connectivity index (χ0v) is 9.07. The van der Waals surface area contributed by atoms with Gasteiger partial charge >= 0.3 is 5.97 Å². The average molecular weight is 240 g/mol. The molecule has 7 heteroatoms. The Morgan fingerprint density at radius 3 is 2.35 bits per heavy atom. The monoisotopic (exact) mass is 240 g/mol. The van der Waals surface area contributed by atoms with Crippen LogP contribution in [0.2, 0.25) is 0 Å². The highest BCUT2D eigenvalue weighted by atomic mass is 16.6. The summed E-state index contributed by atoms with van der Waals surface area (Å²) in [5, 5.41) is 19.2. The second kappa shape index (κ2) is 5.37. The van der Waals surface area contributed by atoms with E-state index in [0.717, 1.165) is 0 Å². The molecule has 7 nitrogen and oxygen atoms in total. The van der Waals surface area contributed by atoms with Crippen LogP contribution in [-0.2, 0) is 9.53 Å². The molecule has 0 aliphatic heterocycles.